The van der Waals surface area contributed by atoms with Crippen LogP contribution in [0.25, 0.3) is 0 Å². The number of hydrazone groups is 1. The molecule has 0 amide bonds. The number of hydrogen-bond donors (Lipinski definition) is 2. The maximum atomic E-state index is 5.60. The molecule has 1 heterocycles. The average Bonchev–Trinajstić information content (AvgIpc) is 2.65. The minimum absolute atomic E-state index is 0.385. The number of nitrogens with zero attached hydrogens (tertiary/aromatic N) is 2. The molecule has 0 unspecified atom stereocenters. The molecule has 0 fully saturated rings. The van der Waals surface area contributed by atoms with Gasteiger partial charge in [-0.1, -0.05) is 6.07 Å². The van der Waals surface area contributed by atoms with Gasteiger partial charge in [0.25, 0.3) is 0 Å². The smallest absolute Gasteiger partial charge is 0.213 e. The number of nitrogens with two attached hydrogens (primary N) is 2. The summed E-state index contributed by atoms with van der Waals surface area (Å²) in [6.45, 7) is 3.61. The quantitative estimate of drug-likeness (QED) is 0.326. The van der Waals surface area contributed by atoms with E-state index in [-0.39, 0.29) is 0 Å². The monoisotopic (exact) mass is 198 g/mol. The molecule has 4 N–H and O–H groups in total. The van der Waals surface area contributed by atoms with Gasteiger partial charge < -0.3 is 16.5 Å². The van der Waals surface area contributed by atoms with E-state index < -0.39 is 0 Å². The second-order valence-corrected chi connectivity index (χ2v) is 3.61. The molecule has 0 saturated carbocycles. The van der Waals surface area contributed by atoms with E-state index in [2.05, 4.69) is 11.2 Å². The third-order valence-electron chi connectivity index (χ3n) is 1.76. The van der Waals surface area contributed by atoms with E-state index in [0.717, 1.165) is 13.1 Å². The van der Waals surface area contributed by atoms with Crippen LogP contribution in [0.4, 0.5) is 0 Å². The van der Waals surface area contributed by atoms with Gasteiger partial charge in [-0.2, -0.15) is 0 Å². The van der Waals surface area contributed by atoms with Crippen LogP contribution in [0.3, 0.4) is 0 Å². The molecule has 0 bridgehead atoms. The highest BCUT2D eigenvalue weighted by Gasteiger charge is 2.05. The van der Waals surface area contributed by atoms with Crippen molar-refractivity contribution in [2.24, 2.45) is 16.7 Å². The fourth-order valence-electron chi connectivity index (χ4n) is 1.03. The number of thiophene rings is 1. The minimum Gasteiger partial charge on any atom is -0.368 e. The van der Waals surface area contributed by atoms with Crippen molar-refractivity contribution in [2.75, 3.05) is 6.54 Å². The van der Waals surface area contributed by atoms with Gasteiger partial charge in [-0.3, -0.25) is 0 Å². The normalized spacial score (nSPS) is 11.6. The molecular formula is C8H14N4S. The van der Waals surface area contributed by atoms with Gasteiger partial charge in [0.1, 0.15) is 0 Å². The summed E-state index contributed by atoms with van der Waals surface area (Å²) < 4.78 is 0. The highest BCUT2D eigenvalue weighted by atomic mass is 32.1. The number of guanidine groups is 1. The SMILES string of the molecule is CCN(Cc1cccs1)C(N)=NN. The first-order valence-electron chi connectivity index (χ1n) is 4.08. The summed E-state index contributed by atoms with van der Waals surface area (Å²) in [5, 5.41) is 5.51. The molecule has 1 aromatic rings. The summed E-state index contributed by atoms with van der Waals surface area (Å²) in [5.74, 6) is 5.49. The third kappa shape index (κ3) is 2.62. The zero-order chi connectivity index (χ0) is 9.68. The Labute approximate surface area is 81.8 Å². The zero-order valence-corrected chi connectivity index (χ0v) is 8.42. The molecule has 13 heavy (non-hydrogen) atoms. The Bertz CT molecular complexity index is 268. The van der Waals surface area contributed by atoms with E-state index in [9.17, 15) is 0 Å². The van der Waals surface area contributed by atoms with Crippen molar-refractivity contribution in [2.45, 2.75) is 13.5 Å². The van der Waals surface area contributed by atoms with Crippen LogP contribution in [-0.2, 0) is 6.54 Å². The van der Waals surface area contributed by atoms with Crippen molar-refractivity contribution in [3.05, 3.63) is 22.4 Å². The molecule has 0 spiro atoms. The van der Waals surface area contributed by atoms with Gasteiger partial charge in [0, 0.05) is 11.4 Å². The second-order valence-electron chi connectivity index (χ2n) is 2.58. The molecular weight excluding hydrogens is 184 g/mol. The van der Waals surface area contributed by atoms with E-state index in [1.54, 1.807) is 11.3 Å². The van der Waals surface area contributed by atoms with Gasteiger partial charge in [0.15, 0.2) is 0 Å². The topological polar surface area (TPSA) is 67.6 Å². The van der Waals surface area contributed by atoms with Crippen molar-refractivity contribution in [3.8, 4) is 0 Å². The van der Waals surface area contributed by atoms with Crippen LogP contribution >= 0.6 is 11.3 Å². The molecule has 1 aromatic heterocycles. The molecule has 0 atom stereocenters. The Hall–Kier alpha value is -1.23. The van der Waals surface area contributed by atoms with E-state index in [4.69, 9.17) is 11.6 Å². The summed E-state index contributed by atoms with van der Waals surface area (Å²) >= 11 is 1.70. The highest BCUT2D eigenvalue weighted by Crippen LogP contribution is 2.11. The summed E-state index contributed by atoms with van der Waals surface area (Å²) in [6.07, 6.45) is 0. The first-order valence-corrected chi connectivity index (χ1v) is 4.96. The lowest BCUT2D eigenvalue weighted by Crippen LogP contribution is -2.37. The van der Waals surface area contributed by atoms with Crippen LogP contribution < -0.4 is 11.6 Å². The van der Waals surface area contributed by atoms with Crippen LogP contribution in [-0.4, -0.2) is 17.4 Å². The largest absolute Gasteiger partial charge is 0.368 e. The second kappa shape index (κ2) is 4.71. The lowest BCUT2D eigenvalue weighted by atomic mass is 10.4. The molecule has 5 heteroatoms. The predicted octanol–water partition coefficient (Wildman–Crippen LogP) is 0.758. The first kappa shape index (κ1) is 9.85. The molecule has 0 saturated heterocycles. The maximum absolute atomic E-state index is 5.60. The Morgan fingerprint density at radius 3 is 2.92 bits per heavy atom. The van der Waals surface area contributed by atoms with Crippen molar-refractivity contribution in [1.29, 1.82) is 0 Å². The van der Waals surface area contributed by atoms with Gasteiger partial charge in [0.05, 0.1) is 6.54 Å². The average molecular weight is 198 g/mol. The molecule has 72 valence electrons. The standard InChI is InChI=1S/C8H14N4S/c1-2-12(8(9)11-10)6-7-4-3-5-13-7/h3-5H,2,6,10H2,1H3,(H2,9,11). The maximum Gasteiger partial charge on any atom is 0.213 e. The third-order valence-corrected chi connectivity index (χ3v) is 2.63. The summed E-state index contributed by atoms with van der Waals surface area (Å²) in [7, 11) is 0. The van der Waals surface area contributed by atoms with Gasteiger partial charge in [-0.15, -0.1) is 16.4 Å². The fraction of sp³-hybridized carbons (Fsp3) is 0.375. The summed E-state index contributed by atoms with van der Waals surface area (Å²) in [6, 6.07) is 4.08. The van der Waals surface area contributed by atoms with Crippen molar-refractivity contribution in [1.82, 2.24) is 4.90 Å². The Kier molecular flexibility index (Phi) is 3.57. The lowest BCUT2D eigenvalue weighted by Gasteiger charge is -2.19. The Balaban J connectivity index is 2.60. The number of hydrogen-bond acceptors (Lipinski definition) is 3. The van der Waals surface area contributed by atoms with Gasteiger partial charge in [0.2, 0.25) is 5.96 Å². The van der Waals surface area contributed by atoms with Gasteiger partial charge in [-0.05, 0) is 18.4 Å². The van der Waals surface area contributed by atoms with Gasteiger partial charge in [-0.25, -0.2) is 0 Å². The molecule has 0 radical (unpaired) electrons. The van der Waals surface area contributed by atoms with Crippen LogP contribution in [0.2, 0.25) is 0 Å². The predicted molar refractivity (Wildman–Crippen MR) is 56.2 cm³/mol. The molecule has 0 aliphatic carbocycles. The molecule has 1 rings (SSSR count). The number of rotatable bonds is 3. The lowest BCUT2D eigenvalue weighted by molar-refractivity contribution is 0.433. The molecule has 0 aromatic carbocycles. The van der Waals surface area contributed by atoms with Crippen LogP contribution in [0.15, 0.2) is 22.6 Å². The molecule has 0 aliphatic heterocycles. The zero-order valence-electron chi connectivity index (χ0n) is 7.60. The van der Waals surface area contributed by atoms with Crippen LogP contribution in [0.5, 0.6) is 0 Å². The summed E-state index contributed by atoms with van der Waals surface area (Å²) in [4.78, 5) is 3.18. The first-order chi connectivity index (χ1) is 6.27. The van der Waals surface area contributed by atoms with Crippen molar-refractivity contribution >= 4 is 17.3 Å². The van der Waals surface area contributed by atoms with Crippen molar-refractivity contribution in [3.63, 3.8) is 0 Å². The minimum atomic E-state index is 0.385. The highest BCUT2D eigenvalue weighted by molar-refractivity contribution is 7.09. The van der Waals surface area contributed by atoms with Gasteiger partial charge >= 0.3 is 0 Å². The van der Waals surface area contributed by atoms with E-state index in [1.807, 2.05) is 23.3 Å². The molecule has 4 nitrogen and oxygen atoms in total. The Morgan fingerprint density at radius 1 is 1.69 bits per heavy atom. The fourth-order valence-corrected chi connectivity index (χ4v) is 1.75. The van der Waals surface area contributed by atoms with Crippen molar-refractivity contribution < 1.29 is 0 Å². The summed E-state index contributed by atoms with van der Waals surface area (Å²) in [5.41, 5.74) is 5.60. The molecule has 0 aliphatic rings. The van der Waals surface area contributed by atoms with Crippen LogP contribution in [0, 0.1) is 0 Å². The van der Waals surface area contributed by atoms with E-state index in [1.165, 1.54) is 4.88 Å². The van der Waals surface area contributed by atoms with E-state index in [0.29, 0.717) is 5.96 Å². The van der Waals surface area contributed by atoms with E-state index >= 15 is 0 Å². The Morgan fingerprint density at radius 2 is 2.46 bits per heavy atom. The van der Waals surface area contributed by atoms with Crippen LogP contribution in [0.1, 0.15) is 11.8 Å².